The van der Waals surface area contributed by atoms with Crippen LogP contribution in [-0.4, -0.2) is 55.9 Å². The Bertz CT molecular complexity index is 475. The first-order valence-electron chi connectivity index (χ1n) is 6.94. The van der Waals surface area contributed by atoms with Crippen LogP contribution in [0.15, 0.2) is 24.3 Å². The molecule has 1 aromatic carbocycles. The van der Waals surface area contributed by atoms with Crippen LogP contribution in [-0.2, 0) is 16.1 Å². The van der Waals surface area contributed by atoms with Gasteiger partial charge in [0.05, 0.1) is 26.7 Å². The molecule has 0 saturated carbocycles. The molecule has 2 N–H and O–H groups in total. The maximum absolute atomic E-state index is 11.6. The van der Waals surface area contributed by atoms with Crippen LogP contribution in [0.1, 0.15) is 12.0 Å². The van der Waals surface area contributed by atoms with E-state index in [1.54, 1.807) is 14.2 Å². The minimum atomic E-state index is -0.928. The Morgan fingerprint density at radius 2 is 1.95 bits per heavy atom. The van der Waals surface area contributed by atoms with Crippen molar-refractivity contribution in [2.45, 2.75) is 13.0 Å². The molecule has 0 aliphatic carbocycles. The minimum absolute atomic E-state index is 0.0715. The zero-order chi connectivity index (χ0) is 16.4. The Kier molecular flexibility index (Phi) is 7.77. The van der Waals surface area contributed by atoms with Crippen molar-refractivity contribution in [3.05, 3.63) is 29.8 Å². The van der Waals surface area contributed by atoms with E-state index in [2.05, 4.69) is 5.32 Å². The number of nitrogens with one attached hydrogen (secondary N) is 1. The number of urea groups is 1. The summed E-state index contributed by atoms with van der Waals surface area (Å²) < 4.78 is 10.5. The van der Waals surface area contributed by atoms with Gasteiger partial charge < -0.3 is 24.8 Å². The number of hydrogen-bond donors (Lipinski definition) is 2. The molecule has 1 rings (SSSR count). The van der Waals surface area contributed by atoms with Gasteiger partial charge in [-0.05, 0) is 17.7 Å². The lowest BCUT2D eigenvalue weighted by Crippen LogP contribution is -2.39. The smallest absolute Gasteiger partial charge is 0.317 e. The summed E-state index contributed by atoms with van der Waals surface area (Å²) in [5, 5.41) is 11.2. The Morgan fingerprint density at radius 1 is 1.27 bits per heavy atom. The molecular weight excluding hydrogens is 288 g/mol. The third kappa shape index (κ3) is 6.94. The minimum Gasteiger partial charge on any atom is -0.497 e. The summed E-state index contributed by atoms with van der Waals surface area (Å²) in [6.07, 6.45) is -0.0715. The number of nitrogens with zero attached hydrogens (tertiary/aromatic N) is 1. The standard InChI is InChI=1S/C15H22N2O5/c1-17(9-7-14(18)19)15(20)16-8-10-22-11-12-3-5-13(21-2)6-4-12/h3-6H,7-11H2,1-2H3,(H,16,20)(H,18,19). The second-order valence-corrected chi connectivity index (χ2v) is 4.70. The number of rotatable bonds is 9. The summed E-state index contributed by atoms with van der Waals surface area (Å²) in [5.41, 5.74) is 1.02. The highest BCUT2D eigenvalue weighted by atomic mass is 16.5. The number of ether oxygens (including phenoxy) is 2. The first-order valence-corrected chi connectivity index (χ1v) is 6.94. The maximum atomic E-state index is 11.6. The monoisotopic (exact) mass is 310 g/mol. The summed E-state index contributed by atoms with van der Waals surface area (Å²) in [6, 6.07) is 7.23. The van der Waals surface area contributed by atoms with Gasteiger partial charge in [-0.15, -0.1) is 0 Å². The number of methoxy groups -OCH3 is 1. The van der Waals surface area contributed by atoms with E-state index in [-0.39, 0.29) is 19.0 Å². The highest BCUT2D eigenvalue weighted by Crippen LogP contribution is 2.11. The fraction of sp³-hybridized carbons (Fsp3) is 0.467. The number of carboxylic acid groups (broad SMARTS) is 1. The van der Waals surface area contributed by atoms with E-state index in [9.17, 15) is 9.59 Å². The average molecular weight is 310 g/mol. The Balaban J connectivity index is 2.13. The van der Waals surface area contributed by atoms with Crippen molar-refractivity contribution in [3.8, 4) is 5.75 Å². The van der Waals surface area contributed by atoms with Crippen LogP contribution in [0.25, 0.3) is 0 Å². The normalized spacial score (nSPS) is 10.1. The third-order valence-corrected chi connectivity index (χ3v) is 2.96. The topological polar surface area (TPSA) is 88.1 Å². The van der Waals surface area contributed by atoms with Gasteiger partial charge in [-0.1, -0.05) is 12.1 Å². The number of aliphatic carboxylic acids is 1. The molecule has 122 valence electrons. The van der Waals surface area contributed by atoms with Crippen LogP contribution in [0.5, 0.6) is 5.75 Å². The van der Waals surface area contributed by atoms with Gasteiger partial charge >= 0.3 is 12.0 Å². The summed E-state index contributed by atoms with van der Waals surface area (Å²) in [5.74, 6) is -0.136. The zero-order valence-electron chi connectivity index (χ0n) is 12.9. The highest BCUT2D eigenvalue weighted by molar-refractivity contribution is 5.74. The predicted octanol–water partition coefficient (Wildman–Crippen LogP) is 1.33. The quantitative estimate of drug-likeness (QED) is 0.672. The van der Waals surface area contributed by atoms with Gasteiger partial charge in [0.1, 0.15) is 5.75 Å². The summed E-state index contributed by atoms with van der Waals surface area (Å²) in [4.78, 5) is 23.4. The van der Waals surface area contributed by atoms with Crippen molar-refractivity contribution in [1.82, 2.24) is 10.2 Å². The van der Waals surface area contributed by atoms with Gasteiger partial charge in [-0.2, -0.15) is 0 Å². The van der Waals surface area contributed by atoms with E-state index < -0.39 is 5.97 Å². The van der Waals surface area contributed by atoms with Crippen LogP contribution >= 0.6 is 0 Å². The Hall–Kier alpha value is -2.28. The molecule has 0 atom stereocenters. The average Bonchev–Trinajstić information content (AvgIpc) is 2.52. The summed E-state index contributed by atoms with van der Waals surface area (Å²) in [6.45, 7) is 1.37. The van der Waals surface area contributed by atoms with Crippen molar-refractivity contribution in [2.24, 2.45) is 0 Å². The van der Waals surface area contributed by atoms with Gasteiger partial charge in [0.25, 0.3) is 0 Å². The second-order valence-electron chi connectivity index (χ2n) is 4.70. The molecule has 0 radical (unpaired) electrons. The molecule has 0 aromatic heterocycles. The van der Waals surface area contributed by atoms with Gasteiger partial charge in [0.15, 0.2) is 0 Å². The van der Waals surface area contributed by atoms with Gasteiger partial charge in [0.2, 0.25) is 0 Å². The molecule has 0 aliphatic rings. The lowest BCUT2D eigenvalue weighted by atomic mass is 10.2. The molecule has 7 heteroatoms. The molecule has 22 heavy (non-hydrogen) atoms. The largest absolute Gasteiger partial charge is 0.497 e. The number of carbonyl (C=O) groups is 2. The molecule has 0 heterocycles. The molecule has 0 spiro atoms. The van der Waals surface area contributed by atoms with Gasteiger partial charge in [0, 0.05) is 20.1 Å². The molecule has 2 amide bonds. The van der Waals surface area contributed by atoms with Crippen LogP contribution in [0, 0.1) is 0 Å². The first kappa shape index (κ1) is 17.8. The zero-order valence-corrected chi connectivity index (χ0v) is 12.9. The lowest BCUT2D eigenvalue weighted by Gasteiger charge is -2.16. The first-order chi connectivity index (χ1) is 10.5. The Morgan fingerprint density at radius 3 is 2.55 bits per heavy atom. The van der Waals surface area contributed by atoms with Crippen LogP contribution in [0.3, 0.4) is 0 Å². The van der Waals surface area contributed by atoms with E-state index in [4.69, 9.17) is 14.6 Å². The van der Waals surface area contributed by atoms with E-state index >= 15 is 0 Å². The molecule has 0 fully saturated rings. The van der Waals surface area contributed by atoms with Crippen molar-refractivity contribution >= 4 is 12.0 Å². The number of carboxylic acids is 1. The highest BCUT2D eigenvalue weighted by Gasteiger charge is 2.08. The lowest BCUT2D eigenvalue weighted by molar-refractivity contribution is -0.137. The maximum Gasteiger partial charge on any atom is 0.317 e. The van der Waals surface area contributed by atoms with Crippen LogP contribution in [0.2, 0.25) is 0 Å². The van der Waals surface area contributed by atoms with Crippen molar-refractivity contribution in [2.75, 3.05) is 33.9 Å². The fourth-order valence-corrected chi connectivity index (χ4v) is 1.64. The van der Waals surface area contributed by atoms with Gasteiger partial charge in [-0.25, -0.2) is 4.79 Å². The van der Waals surface area contributed by atoms with Crippen molar-refractivity contribution in [3.63, 3.8) is 0 Å². The molecule has 0 aliphatic heterocycles. The second kappa shape index (κ2) is 9.62. The predicted molar refractivity (Wildman–Crippen MR) is 80.9 cm³/mol. The number of benzene rings is 1. The Labute approximate surface area is 129 Å². The molecule has 7 nitrogen and oxygen atoms in total. The molecule has 0 bridgehead atoms. The number of hydrogen-bond acceptors (Lipinski definition) is 4. The van der Waals surface area contributed by atoms with E-state index in [1.165, 1.54) is 4.90 Å². The third-order valence-electron chi connectivity index (χ3n) is 2.96. The summed E-state index contributed by atoms with van der Waals surface area (Å²) in [7, 11) is 3.16. The van der Waals surface area contributed by atoms with E-state index in [0.29, 0.717) is 19.8 Å². The molecule has 1 aromatic rings. The fourth-order valence-electron chi connectivity index (χ4n) is 1.64. The van der Waals surface area contributed by atoms with Crippen LogP contribution in [0.4, 0.5) is 4.79 Å². The molecular formula is C15H22N2O5. The SMILES string of the molecule is COc1ccc(COCCNC(=O)N(C)CCC(=O)O)cc1. The van der Waals surface area contributed by atoms with Crippen molar-refractivity contribution < 1.29 is 24.2 Å². The van der Waals surface area contributed by atoms with E-state index in [1.807, 2.05) is 24.3 Å². The molecule has 0 unspecified atom stereocenters. The van der Waals surface area contributed by atoms with Crippen LogP contribution < -0.4 is 10.1 Å². The number of amides is 2. The summed E-state index contributed by atoms with van der Waals surface area (Å²) >= 11 is 0. The molecule has 0 saturated heterocycles. The van der Waals surface area contributed by atoms with E-state index in [0.717, 1.165) is 11.3 Å². The van der Waals surface area contributed by atoms with Gasteiger partial charge in [-0.3, -0.25) is 4.79 Å². The number of carbonyl (C=O) groups excluding carboxylic acids is 1. The van der Waals surface area contributed by atoms with Crippen molar-refractivity contribution in [1.29, 1.82) is 0 Å².